The van der Waals surface area contributed by atoms with Gasteiger partial charge in [0.1, 0.15) is 0 Å². The first-order valence-electron chi connectivity index (χ1n) is 8.95. The fourth-order valence-corrected chi connectivity index (χ4v) is 2.94. The van der Waals surface area contributed by atoms with Gasteiger partial charge in [0.15, 0.2) is 5.96 Å². The van der Waals surface area contributed by atoms with Crippen LogP contribution in [0.15, 0.2) is 47.5 Å². The second-order valence-corrected chi connectivity index (χ2v) is 6.48. The number of nitrogens with two attached hydrogens (primary N) is 1. The summed E-state index contributed by atoms with van der Waals surface area (Å²) in [6.45, 7) is 12.2. The molecule has 0 aliphatic rings. The predicted molar refractivity (Wildman–Crippen MR) is 123 cm³/mol. The normalized spacial score (nSPS) is 11.3. The zero-order valence-electron chi connectivity index (χ0n) is 16.2. The lowest BCUT2D eigenvalue weighted by Gasteiger charge is -2.18. The lowest BCUT2D eigenvalue weighted by molar-refractivity contribution is 0.296. The van der Waals surface area contributed by atoms with Gasteiger partial charge in [0.25, 0.3) is 0 Å². The Morgan fingerprint density at radius 3 is 2.23 bits per heavy atom. The smallest absolute Gasteiger partial charge is 0.193 e. The van der Waals surface area contributed by atoms with E-state index in [4.69, 9.17) is 5.73 Å². The fraction of sp³-hybridized carbons (Fsp3) is 0.381. The van der Waals surface area contributed by atoms with Crippen molar-refractivity contribution in [3.8, 4) is 0 Å². The molecule has 0 aromatic heterocycles. The van der Waals surface area contributed by atoms with E-state index in [9.17, 15) is 0 Å². The molecule has 2 aromatic carbocycles. The Hall–Kier alpha value is -1.60. The molecule has 0 aliphatic carbocycles. The zero-order valence-corrected chi connectivity index (χ0v) is 18.6. The van der Waals surface area contributed by atoms with E-state index in [0.29, 0.717) is 12.5 Å². The SMILES string of the molecule is CCN(CC)Cc1cccc(CN=C(N)Nc2cc(C)cc(C)c2)c1.I. The summed E-state index contributed by atoms with van der Waals surface area (Å²) < 4.78 is 0. The van der Waals surface area contributed by atoms with Crippen molar-refractivity contribution in [2.75, 3.05) is 18.4 Å². The first-order chi connectivity index (χ1) is 12.0. The quantitative estimate of drug-likeness (QED) is 0.354. The van der Waals surface area contributed by atoms with Gasteiger partial charge in [-0.1, -0.05) is 44.2 Å². The van der Waals surface area contributed by atoms with Gasteiger partial charge in [0.05, 0.1) is 6.54 Å². The van der Waals surface area contributed by atoms with E-state index >= 15 is 0 Å². The molecule has 0 heterocycles. The molecule has 26 heavy (non-hydrogen) atoms. The molecule has 0 radical (unpaired) electrons. The highest BCUT2D eigenvalue weighted by Gasteiger charge is 2.02. The molecule has 3 N–H and O–H groups in total. The highest BCUT2D eigenvalue weighted by atomic mass is 127. The summed E-state index contributed by atoms with van der Waals surface area (Å²) >= 11 is 0. The largest absolute Gasteiger partial charge is 0.370 e. The molecule has 0 atom stereocenters. The van der Waals surface area contributed by atoms with Crippen LogP contribution in [0.2, 0.25) is 0 Å². The lowest BCUT2D eigenvalue weighted by Crippen LogP contribution is -2.23. The van der Waals surface area contributed by atoms with Gasteiger partial charge in [-0.15, -0.1) is 24.0 Å². The summed E-state index contributed by atoms with van der Waals surface area (Å²) in [7, 11) is 0. The lowest BCUT2D eigenvalue weighted by atomic mass is 10.1. The number of nitrogens with zero attached hydrogens (tertiary/aromatic N) is 2. The van der Waals surface area contributed by atoms with Crippen LogP contribution in [0.3, 0.4) is 0 Å². The van der Waals surface area contributed by atoms with Gasteiger partial charge in [-0.2, -0.15) is 0 Å². The fourth-order valence-electron chi connectivity index (χ4n) is 2.94. The Morgan fingerprint density at radius 2 is 1.62 bits per heavy atom. The predicted octanol–water partition coefficient (Wildman–Crippen LogP) is 4.69. The van der Waals surface area contributed by atoms with E-state index in [-0.39, 0.29) is 24.0 Å². The monoisotopic (exact) mass is 466 g/mol. The molecule has 0 aliphatic heterocycles. The number of hydrogen-bond donors (Lipinski definition) is 2. The van der Waals surface area contributed by atoms with Crippen LogP contribution in [-0.2, 0) is 13.1 Å². The number of aryl methyl sites for hydroxylation is 2. The van der Waals surface area contributed by atoms with Crippen LogP contribution >= 0.6 is 24.0 Å². The maximum atomic E-state index is 6.05. The molecule has 0 bridgehead atoms. The third-order valence-electron chi connectivity index (χ3n) is 4.22. The number of guanidine groups is 1. The molecule has 0 saturated heterocycles. The van der Waals surface area contributed by atoms with Crippen molar-refractivity contribution < 1.29 is 0 Å². The van der Waals surface area contributed by atoms with E-state index in [1.165, 1.54) is 22.3 Å². The average Bonchev–Trinajstić information content (AvgIpc) is 2.57. The molecular formula is C21H31IN4. The number of rotatable bonds is 7. The van der Waals surface area contributed by atoms with E-state index in [0.717, 1.165) is 25.3 Å². The highest BCUT2D eigenvalue weighted by molar-refractivity contribution is 14.0. The van der Waals surface area contributed by atoms with Crippen LogP contribution in [0.25, 0.3) is 0 Å². The van der Waals surface area contributed by atoms with Gasteiger partial charge >= 0.3 is 0 Å². The van der Waals surface area contributed by atoms with Crippen molar-refractivity contribution in [3.63, 3.8) is 0 Å². The highest BCUT2D eigenvalue weighted by Crippen LogP contribution is 2.14. The number of anilines is 1. The van der Waals surface area contributed by atoms with Crippen LogP contribution in [0.1, 0.15) is 36.1 Å². The minimum absolute atomic E-state index is 0. The van der Waals surface area contributed by atoms with Crippen molar-refractivity contribution in [1.29, 1.82) is 0 Å². The first kappa shape index (κ1) is 22.4. The zero-order chi connectivity index (χ0) is 18.2. The molecule has 2 rings (SSSR count). The average molecular weight is 466 g/mol. The second kappa shape index (κ2) is 11.2. The van der Waals surface area contributed by atoms with Gasteiger partial charge in [-0.25, -0.2) is 4.99 Å². The molecule has 4 nitrogen and oxygen atoms in total. The number of hydrogen-bond acceptors (Lipinski definition) is 2. The maximum Gasteiger partial charge on any atom is 0.193 e. The van der Waals surface area contributed by atoms with Gasteiger partial charge in [-0.05, 0) is 61.3 Å². The molecule has 2 aromatic rings. The van der Waals surface area contributed by atoms with Crippen molar-refractivity contribution in [2.24, 2.45) is 10.7 Å². The van der Waals surface area contributed by atoms with Crippen molar-refractivity contribution in [1.82, 2.24) is 4.90 Å². The standard InChI is InChI=1S/C21H30N4.HI/c1-5-25(6-2)15-19-9-7-8-18(13-19)14-23-21(22)24-20-11-16(3)10-17(4)12-20;/h7-13H,5-6,14-15H2,1-4H3,(H3,22,23,24);1H. The molecular weight excluding hydrogens is 435 g/mol. The molecule has 0 fully saturated rings. The Balaban J connectivity index is 0.00000338. The topological polar surface area (TPSA) is 53.6 Å². The molecule has 142 valence electrons. The third kappa shape index (κ3) is 7.33. The van der Waals surface area contributed by atoms with Gasteiger partial charge in [0.2, 0.25) is 0 Å². The van der Waals surface area contributed by atoms with E-state index < -0.39 is 0 Å². The van der Waals surface area contributed by atoms with E-state index in [2.05, 4.69) is 85.4 Å². The van der Waals surface area contributed by atoms with Crippen LogP contribution in [0, 0.1) is 13.8 Å². The van der Waals surface area contributed by atoms with Crippen LogP contribution in [0.4, 0.5) is 5.69 Å². The Morgan fingerprint density at radius 1 is 1.00 bits per heavy atom. The number of halogens is 1. The van der Waals surface area contributed by atoms with Crippen LogP contribution in [0.5, 0.6) is 0 Å². The summed E-state index contributed by atoms with van der Waals surface area (Å²) in [6.07, 6.45) is 0. The van der Waals surface area contributed by atoms with E-state index in [1.54, 1.807) is 0 Å². The Labute approximate surface area is 174 Å². The van der Waals surface area contributed by atoms with E-state index in [1.807, 2.05) is 0 Å². The summed E-state index contributed by atoms with van der Waals surface area (Å²) in [5, 5.41) is 3.18. The Bertz CT molecular complexity index is 703. The van der Waals surface area contributed by atoms with Crippen molar-refractivity contribution in [2.45, 2.75) is 40.8 Å². The third-order valence-corrected chi connectivity index (χ3v) is 4.22. The molecule has 0 spiro atoms. The molecule has 5 heteroatoms. The second-order valence-electron chi connectivity index (χ2n) is 6.48. The summed E-state index contributed by atoms with van der Waals surface area (Å²) in [5.74, 6) is 0.444. The Kier molecular flexibility index (Phi) is 9.65. The van der Waals surface area contributed by atoms with Gasteiger partial charge in [0, 0.05) is 12.2 Å². The summed E-state index contributed by atoms with van der Waals surface area (Å²) in [6, 6.07) is 14.9. The van der Waals surface area contributed by atoms with Crippen molar-refractivity contribution >= 4 is 35.6 Å². The van der Waals surface area contributed by atoms with Crippen molar-refractivity contribution in [3.05, 3.63) is 64.7 Å². The van der Waals surface area contributed by atoms with Crippen LogP contribution < -0.4 is 11.1 Å². The molecule has 0 saturated carbocycles. The number of nitrogens with one attached hydrogen (secondary N) is 1. The molecule has 0 amide bonds. The summed E-state index contributed by atoms with van der Waals surface area (Å²) in [4.78, 5) is 6.88. The first-order valence-corrected chi connectivity index (χ1v) is 8.95. The number of aliphatic imine (C=N–C) groups is 1. The summed E-state index contributed by atoms with van der Waals surface area (Å²) in [5.41, 5.74) is 11.9. The minimum atomic E-state index is 0. The minimum Gasteiger partial charge on any atom is -0.370 e. The molecule has 0 unspecified atom stereocenters. The van der Waals surface area contributed by atoms with Crippen LogP contribution in [-0.4, -0.2) is 23.9 Å². The maximum absolute atomic E-state index is 6.05. The number of benzene rings is 2. The van der Waals surface area contributed by atoms with Gasteiger partial charge in [-0.3, -0.25) is 4.90 Å². The van der Waals surface area contributed by atoms with Gasteiger partial charge < -0.3 is 11.1 Å².